The Morgan fingerprint density at radius 2 is 2.08 bits per heavy atom. The molecule has 0 aliphatic carbocycles. The number of carbonyl (C=O) groups excluding carboxylic acids is 1. The van der Waals surface area contributed by atoms with Crippen LogP contribution in [-0.2, 0) is 11.2 Å². The molecule has 2 aromatic rings. The second kappa shape index (κ2) is 8.05. The van der Waals surface area contributed by atoms with Gasteiger partial charge in [-0.2, -0.15) is 0 Å². The molecule has 128 valence electrons. The van der Waals surface area contributed by atoms with Gasteiger partial charge in [-0.1, -0.05) is 25.1 Å². The van der Waals surface area contributed by atoms with Crippen LogP contribution in [0.5, 0.6) is 0 Å². The standard InChI is InChI=1S/C16H17F2N3O2S/c1-3-4-10-8-14(22)21-16(20-10)24-9(2)15(23)19-11-5-6-12(17)13(18)7-11/h5-9H,3-4H2,1-2H3,(H,19,23)(H,20,21,22). The number of aromatic amines is 1. The normalized spacial score (nSPS) is 12.0. The van der Waals surface area contributed by atoms with Gasteiger partial charge in [0, 0.05) is 23.5 Å². The van der Waals surface area contributed by atoms with Crippen molar-refractivity contribution in [3.8, 4) is 0 Å². The van der Waals surface area contributed by atoms with Crippen molar-refractivity contribution in [2.75, 3.05) is 5.32 Å². The van der Waals surface area contributed by atoms with Crippen LogP contribution >= 0.6 is 11.8 Å². The molecule has 1 amide bonds. The highest BCUT2D eigenvalue weighted by Crippen LogP contribution is 2.21. The summed E-state index contributed by atoms with van der Waals surface area (Å²) in [6.07, 6.45) is 1.53. The monoisotopic (exact) mass is 353 g/mol. The summed E-state index contributed by atoms with van der Waals surface area (Å²) in [6, 6.07) is 4.55. The fourth-order valence-corrected chi connectivity index (χ4v) is 2.79. The highest BCUT2D eigenvalue weighted by molar-refractivity contribution is 8.00. The number of halogens is 2. The summed E-state index contributed by atoms with van der Waals surface area (Å²) in [4.78, 5) is 30.6. The number of nitrogens with one attached hydrogen (secondary N) is 2. The van der Waals surface area contributed by atoms with E-state index in [2.05, 4.69) is 15.3 Å². The van der Waals surface area contributed by atoms with Gasteiger partial charge in [0.1, 0.15) is 0 Å². The Balaban J connectivity index is 2.05. The minimum absolute atomic E-state index is 0.160. The molecule has 2 rings (SSSR count). The van der Waals surface area contributed by atoms with Crippen molar-refractivity contribution in [2.24, 2.45) is 0 Å². The van der Waals surface area contributed by atoms with E-state index in [1.165, 1.54) is 12.1 Å². The van der Waals surface area contributed by atoms with Crippen LogP contribution in [0.3, 0.4) is 0 Å². The number of amides is 1. The van der Waals surface area contributed by atoms with Crippen molar-refractivity contribution in [3.05, 3.63) is 51.9 Å². The Morgan fingerprint density at radius 3 is 2.75 bits per heavy atom. The molecule has 0 aliphatic heterocycles. The second-order valence-electron chi connectivity index (χ2n) is 5.17. The smallest absolute Gasteiger partial charge is 0.251 e. The molecular weight excluding hydrogens is 336 g/mol. The molecule has 0 spiro atoms. The molecular formula is C16H17F2N3O2S. The molecule has 8 heteroatoms. The Kier molecular flexibility index (Phi) is 6.08. The van der Waals surface area contributed by atoms with E-state index in [1.807, 2.05) is 6.92 Å². The number of benzene rings is 1. The molecule has 5 nitrogen and oxygen atoms in total. The number of aromatic nitrogens is 2. The molecule has 24 heavy (non-hydrogen) atoms. The van der Waals surface area contributed by atoms with Gasteiger partial charge < -0.3 is 10.3 Å². The first-order chi connectivity index (χ1) is 11.4. The van der Waals surface area contributed by atoms with Gasteiger partial charge in [-0.25, -0.2) is 13.8 Å². The maximum Gasteiger partial charge on any atom is 0.251 e. The third-order valence-corrected chi connectivity index (χ3v) is 4.11. The Morgan fingerprint density at radius 1 is 1.33 bits per heavy atom. The Bertz CT molecular complexity index is 795. The number of H-pyrrole nitrogens is 1. The van der Waals surface area contributed by atoms with Crippen LogP contribution in [0.25, 0.3) is 0 Å². The van der Waals surface area contributed by atoms with Crippen LogP contribution in [0.2, 0.25) is 0 Å². The summed E-state index contributed by atoms with van der Waals surface area (Å²) in [5.74, 6) is -2.43. The molecule has 0 bridgehead atoms. The minimum atomic E-state index is -1.04. The van der Waals surface area contributed by atoms with E-state index in [1.54, 1.807) is 6.92 Å². The van der Waals surface area contributed by atoms with Crippen LogP contribution in [0, 0.1) is 11.6 Å². The zero-order chi connectivity index (χ0) is 17.7. The molecule has 0 saturated heterocycles. The van der Waals surface area contributed by atoms with Crippen molar-refractivity contribution in [1.29, 1.82) is 0 Å². The van der Waals surface area contributed by atoms with Gasteiger partial charge in [-0.3, -0.25) is 9.59 Å². The number of aryl methyl sites for hydroxylation is 1. The average molecular weight is 353 g/mol. The first-order valence-electron chi connectivity index (χ1n) is 7.42. The van der Waals surface area contributed by atoms with Crippen LogP contribution in [0.15, 0.2) is 34.2 Å². The molecule has 1 atom stereocenters. The summed E-state index contributed by atoms with van der Waals surface area (Å²) in [5, 5.41) is 2.26. The molecule has 1 unspecified atom stereocenters. The van der Waals surface area contributed by atoms with Crippen LogP contribution in [0.4, 0.5) is 14.5 Å². The minimum Gasteiger partial charge on any atom is -0.325 e. The predicted molar refractivity (Wildman–Crippen MR) is 89.2 cm³/mol. The fraction of sp³-hybridized carbons (Fsp3) is 0.312. The third kappa shape index (κ3) is 4.89. The molecule has 0 fully saturated rings. The zero-order valence-corrected chi connectivity index (χ0v) is 14.0. The van der Waals surface area contributed by atoms with Crippen LogP contribution < -0.4 is 10.9 Å². The predicted octanol–water partition coefficient (Wildman–Crippen LogP) is 3.12. The van der Waals surface area contributed by atoms with E-state index in [-0.39, 0.29) is 11.2 Å². The molecule has 2 N–H and O–H groups in total. The highest BCUT2D eigenvalue weighted by atomic mass is 32.2. The maximum atomic E-state index is 13.2. The van der Waals surface area contributed by atoms with E-state index in [4.69, 9.17) is 0 Å². The van der Waals surface area contributed by atoms with Crippen LogP contribution in [-0.4, -0.2) is 21.1 Å². The van der Waals surface area contributed by atoms with Crippen molar-refractivity contribution >= 4 is 23.4 Å². The number of carbonyl (C=O) groups is 1. The SMILES string of the molecule is CCCc1cc(=O)[nH]c(SC(C)C(=O)Nc2ccc(F)c(F)c2)n1. The number of hydrogen-bond acceptors (Lipinski definition) is 4. The lowest BCUT2D eigenvalue weighted by atomic mass is 10.2. The second-order valence-corrected chi connectivity index (χ2v) is 6.50. The van der Waals surface area contributed by atoms with Crippen molar-refractivity contribution in [3.63, 3.8) is 0 Å². The first-order valence-corrected chi connectivity index (χ1v) is 8.29. The van der Waals surface area contributed by atoms with Crippen molar-refractivity contribution in [2.45, 2.75) is 37.1 Å². The van der Waals surface area contributed by atoms with Crippen molar-refractivity contribution < 1.29 is 13.6 Å². The summed E-state index contributed by atoms with van der Waals surface area (Å²) in [7, 11) is 0. The summed E-state index contributed by atoms with van der Waals surface area (Å²) >= 11 is 1.09. The van der Waals surface area contributed by atoms with Gasteiger partial charge >= 0.3 is 0 Å². The summed E-state index contributed by atoms with van der Waals surface area (Å²) in [5.41, 5.74) is 0.550. The van der Waals surface area contributed by atoms with E-state index in [9.17, 15) is 18.4 Å². The molecule has 0 aliphatic rings. The Hall–Kier alpha value is -2.22. The number of anilines is 1. The van der Waals surface area contributed by atoms with Crippen LogP contribution in [0.1, 0.15) is 26.0 Å². The van der Waals surface area contributed by atoms with Gasteiger partial charge in [0.05, 0.1) is 5.25 Å². The van der Waals surface area contributed by atoms with E-state index >= 15 is 0 Å². The van der Waals surface area contributed by atoms with Gasteiger partial charge in [0.15, 0.2) is 16.8 Å². The fourth-order valence-electron chi connectivity index (χ4n) is 1.96. The van der Waals surface area contributed by atoms with E-state index in [0.717, 1.165) is 30.3 Å². The number of thioether (sulfide) groups is 1. The summed E-state index contributed by atoms with van der Waals surface area (Å²) < 4.78 is 26.0. The van der Waals surface area contributed by atoms with Gasteiger partial charge in [-0.05, 0) is 25.5 Å². The van der Waals surface area contributed by atoms with Gasteiger partial charge in [0.2, 0.25) is 5.91 Å². The molecule has 0 saturated carbocycles. The topological polar surface area (TPSA) is 74.8 Å². The summed E-state index contributed by atoms with van der Waals surface area (Å²) in [6.45, 7) is 3.61. The number of nitrogens with zero attached hydrogens (tertiary/aromatic N) is 1. The lowest BCUT2D eigenvalue weighted by molar-refractivity contribution is -0.115. The van der Waals surface area contributed by atoms with Gasteiger partial charge in [0.25, 0.3) is 5.56 Å². The van der Waals surface area contributed by atoms with E-state index < -0.39 is 22.8 Å². The zero-order valence-electron chi connectivity index (χ0n) is 13.2. The average Bonchev–Trinajstić information content (AvgIpc) is 2.50. The number of rotatable bonds is 6. The molecule has 1 aromatic heterocycles. The molecule has 0 radical (unpaired) electrons. The molecule has 1 heterocycles. The largest absolute Gasteiger partial charge is 0.325 e. The lowest BCUT2D eigenvalue weighted by Gasteiger charge is -2.12. The quantitative estimate of drug-likeness (QED) is 0.618. The molecule has 1 aromatic carbocycles. The lowest BCUT2D eigenvalue weighted by Crippen LogP contribution is -2.23. The van der Waals surface area contributed by atoms with Gasteiger partial charge in [-0.15, -0.1) is 0 Å². The highest BCUT2D eigenvalue weighted by Gasteiger charge is 2.17. The van der Waals surface area contributed by atoms with Crippen molar-refractivity contribution in [1.82, 2.24) is 9.97 Å². The maximum absolute atomic E-state index is 13.2. The number of hydrogen-bond donors (Lipinski definition) is 2. The van der Waals surface area contributed by atoms with E-state index in [0.29, 0.717) is 17.3 Å². The Labute approximate surface area is 141 Å². The third-order valence-electron chi connectivity index (χ3n) is 3.12. The first kappa shape index (κ1) is 18.1.